The number of thioether (sulfide) groups is 1. The van der Waals surface area contributed by atoms with Crippen molar-refractivity contribution in [2.24, 2.45) is 0 Å². The fourth-order valence-electron chi connectivity index (χ4n) is 3.11. The molecule has 2 aromatic rings. The summed E-state index contributed by atoms with van der Waals surface area (Å²) in [5.74, 6) is 0.119. The second-order valence-corrected chi connectivity index (χ2v) is 8.95. The smallest absolute Gasteiger partial charge is 0.254 e. The van der Waals surface area contributed by atoms with Gasteiger partial charge < -0.3 is 4.90 Å². The monoisotopic (exact) mass is 340 g/mol. The van der Waals surface area contributed by atoms with Crippen LogP contribution in [0.5, 0.6) is 0 Å². The van der Waals surface area contributed by atoms with Gasteiger partial charge in [-0.1, -0.05) is 45.0 Å². The Labute approximate surface area is 148 Å². The Bertz CT molecular complexity index is 709. The van der Waals surface area contributed by atoms with E-state index in [9.17, 15) is 4.79 Å². The highest BCUT2D eigenvalue weighted by atomic mass is 32.2. The largest absolute Gasteiger partial charge is 0.332 e. The number of hydrogen-bond donors (Lipinski definition) is 0. The van der Waals surface area contributed by atoms with E-state index >= 15 is 0 Å². The van der Waals surface area contributed by atoms with Crippen molar-refractivity contribution >= 4 is 17.7 Å². The minimum atomic E-state index is 0.0932. The van der Waals surface area contributed by atoms with Crippen LogP contribution in [-0.2, 0) is 0 Å². The molecule has 1 saturated heterocycles. The first kappa shape index (κ1) is 17.0. The van der Waals surface area contributed by atoms with Crippen LogP contribution in [0.4, 0.5) is 0 Å². The van der Waals surface area contributed by atoms with Crippen molar-refractivity contribution in [1.82, 2.24) is 9.88 Å². The summed E-state index contributed by atoms with van der Waals surface area (Å²) in [6.07, 6.45) is 3.88. The molecule has 2 heterocycles. The lowest BCUT2D eigenvalue weighted by atomic mass is 10.1. The lowest BCUT2D eigenvalue weighted by molar-refractivity contribution is 0.0733. The van der Waals surface area contributed by atoms with Crippen LogP contribution in [0.1, 0.15) is 55.6 Å². The predicted molar refractivity (Wildman–Crippen MR) is 99.3 cm³/mol. The molecule has 3 nitrogen and oxygen atoms in total. The summed E-state index contributed by atoms with van der Waals surface area (Å²) in [5, 5.41) is 1.04. The highest BCUT2D eigenvalue weighted by molar-refractivity contribution is 8.00. The normalized spacial score (nSPS) is 18.0. The van der Waals surface area contributed by atoms with Crippen LogP contribution in [0, 0.1) is 0 Å². The molecule has 0 N–H and O–H groups in total. The summed E-state index contributed by atoms with van der Waals surface area (Å²) in [6.45, 7) is 7.39. The van der Waals surface area contributed by atoms with E-state index in [2.05, 4.69) is 31.8 Å². The second kappa shape index (κ2) is 6.98. The van der Waals surface area contributed by atoms with Gasteiger partial charge in [0.15, 0.2) is 0 Å². The maximum Gasteiger partial charge on any atom is 0.254 e. The Balaban J connectivity index is 1.90. The average Bonchev–Trinajstić information content (AvgIpc) is 3.03. The van der Waals surface area contributed by atoms with Crippen LogP contribution in [0.25, 0.3) is 0 Å². The lowest BCUT2D eigenvalue weighted by Crippen LogP contribution is -2.31. The van der Waals surface area contributed by atoms with Crippen molar-refractivity contribution in [1.29, 1.82) is 0 Å². The number of amides is 1. The fourth-order valence-corrected chi connectivity index (χ4v) is 4.13. The number of rotatable bonds is 3. The molecule has 0 spiro atoms. The van der Waals surface area contributed by atoms with E-state index in [-0.39, 0.29) is 16.7 Å². The number of pyridine rings is 1. The Kier molecular flexibility index (Phi) is 4.95. The fraction of sp³-hybridized carbons (Fsp3) is 0.400. The van der Waals surface area contributed by atoms with Gasteiger partial charge in [-0.2, -0.15) is 0 Å². The number of benzene rings is 1. The predicted octanol–water partition coefficient (Wildman–Crippen LogP) is 4.95. The summed E-state index contributed by atoms with van der Waals surface area (Å²) in [6, 6.07) is 13.8. The lowest BCUT2D eigenvalue weighted by Gasteiger charge is -2.28. The quantitative estimate of drug-likeness (QED) is 0.741. The molecule has 1 atom stereocenters. The van der Waals surface area contributed by atoms with Gasteiger partial charge in [-0.3, -0.25) is 4.79 Å². The molecule has 0 aliphatic carbocycles. The van der Waals surface area contributed by atoms with E-state index in [4.69, 9.17) is 0 Å². The van der Waals surface area contributed by atoms with Crippen LogP contribution in [0.2, 0.25) is 0 Å². The summed E-state index contributed by atoms with van der Waals surface area (Å²) < 4.78 is 0.0932. The Hall–Kier alpha value is -1.81. The average molecular weight is 340 g/mol. The van der Waals surface area contributed by atoms with Gasteiger partial charge in [0.2, 0.25) is 0 Å². The van der Waals surface area contributed by atoms with Crippen molar-refractivity contribution < 1.29 is 4.79 Å². The Morgan fingerprint density at radius 3 is 2.62 bits per heavy atom. The molecule has 0 saturated carbocycles. The molecular formula is C20H24N2OS. The number of hydrogen-bond acceptors (Lipinski definition) is 3. The van der Waals surface area contributed by atoms with Gasteiger partial charge in [0.05, 0.1) is 6.04 Å². The van der Waals surface area contributed by atoms with Gasteiger partial charge in [0.25, 0.3) is 5.91 Å². The third kappa shape index (κ3) is 3.81. The van der Waals surface area contributed by atoms with Crippen LogP contribution in [0.3, 0.4) is 0 Å². The number of carbonyl (C=O) groups is 1. The zero-order valence-corrected chi connectivity index (χ0v) is 15.3. The molecule has 3 rings (SSSR count). The number of aromatic nitrogens is 1. The third-order valence-corrected chi connectivity index (χ3v) is 5.24. The van der Waals surface area contributed by atoms with Crippen molar-refractivity contribution in [3.63, 3.8) is 0 Å². The zero-order chi connectivity index (χ0) is 17.2. The molecule has 1 aliphatic rings. The minimum Gasteiger partial charge on any atom is -0.332 e. The summed E-state index contributed by atoms with van der Waals surface area (Å²) in [4.78, 5) is 19.5. The van der Waals surface area contributed by atoms with Crippen LogP contribution >= 0.6 is 11.8 Å². The molecule has 1 aromatic heterocycles. The van der Waals surface area contributed by atoms with Gasteiger partial charge in [0, 0.05) is 28.6 Å². The molecule has 0 bridgehead atoms. The Morgan fingerprint density at radius 1 is 1.17 bits per heavy atom. The first-order valence-corrected chi connectivity index (χ1v) is 9.27. The summed E-state index contributed by atoms with van der Waals surface area (Å²) in [5.41, 5.74) is 1.94. The molecule has 24 heavy (non-hydrogen) atoms. The molecular weight excluding hydrogens is 316 g/mol. The van der Waals surface area contributed by atoms with E-state index in [1.54, 1.807) is 11.8 Å². The second-order valence-electron chi connectivity index (χ2n) is 7.13. The van der Waals surface area contributed by atoms with E-state index in [1.807, 2.05) is 47.5 Å². The summed E-state index contributed by atoms with van der Waals surface area (Å²) >= 11 is 1.77. The Morgan fingerprint density at radius 2 is 1.92 bits per heavy atom. The molecule has 1 aliphatic heterocycles. The van der Waals surface area contributed by atoms with Crippen LogP contribution < -0.4 is 0 Å². The minimum absolute atomic E-state index is 0.0932. The number of likely N-dealkylation sites (tertiary alicyclic amines) is 1. The van der Waals surface area contributed by atoms with E-state index in [1.165, 1.54) is 5.56 Å². The van der Waals surface area contributed by atoms with Gasteiger partial charge in [-0.15, -0.1) is 11.8 Å². The maximum atomic E-state index is 12.9. The molecule has 1 amide bonds. The highest BCUT2D eigenvalue weighted by Crippen LogP contribution is 2.40. The van der Waals surface area contributed by atoms with Gasteiger partial charge in [-0.25, -0.2) is 4.98 Å². The first-order valence-electron chi connectivity index (χ1n) is 8.46. The first-order chi connectivity index (χ1) is 11.5. The van der Waals surface area contributed by atoms with Gasteiger partial charge >= 0.3 is 0 Å². The molecule has 4 heteroatoms. The van der Waals surface area contributed by atoms with Gasteiger partial charge in [-0.05, 0) is 31.0 Å². The topological polar surface area (TPSA) is 33.2 Å². The van der Waals surface area contributed by atoms with E-state index in [0.29, 0.717) is 0 Å². The zero-order valence-electron chi connectivity index (χ0n) is 14.5. The third-order valence-electron chi connectivity index (χ3n) is 4.10. The number of carbonyl (C=O) groups excluding carboxylic acids is 1. The van der Waals surface area contributed by atoms with Crippen molar-refractivity contribution in [2.45, 2.75) is 49.4 Å². The summed E-state index contributed by atoms with van der Waals surface area (Å²) in [7, 11) is 0. The molecule has 0 unspecified atom stereocenters. The van der Waals surface area contributed by atoms with Crippen LogP contribution in [-0.4, -0.2) is 27.1 Å². The van der Waals surface area contributed by atoms with Crippen molar-refractivity contribution in [3.05, 3.63) is 59.8 Å². The number of nitrogens with zero attached hydrogens (tertiary/aromatic N) is 2. The van der Waals surface area contributed by atoms with Crippen LogP contribution in [0.15, 0.2) is 53.7 Å². The molecule has 1 aromatic carbocycles. The van der Waals surface area contributed by atoms with Crippen molar-refractivity contribution in [2.75, 3.05) is 6.54 Å². The molecule has 0 radical (unpaired) electrons. The SMILES string of the molecule is CC(C)(C)Sc1ncccc1[C@H]1CCCN1C(=O)c1ccccc1. The van der Waals surface area contributed by atoms with Crippen molar-refractivity contribution in [3.8, 4) is 0 Å². The molecule has 126 valence electrons. The highest BCUT2D eigenvalue weighted by Gasteiger charge is 2.33. The van der Waals surface area contributed by atoms with Gasteiger partial charge in [0.1, 0.15) is 5.03 Å². The standard InChI is InChI=1S/C20H24N2OS/c1-20(2,3)24-18-16(11-7-13-21-18)17-12-8-14-22(17)19(23)15-9-5-4-6-10-15/h4-7,9-11,13,17H,8,12,14H2,1-3H3/t17-/m1/s1. The maximum absolute atomic E-state index is 12.9. The molecule has 1 fully saturated rings. The van der Waals surface area contributed by atoms with E-state index in [0.717, 1.165) is 30.0 Å². The van der Waals surface area contributed by atoms with E-state index < -0.39 is 0 Å².